The summed E-state index contributed by atoms with van der Waals surface area (Å²) in [4.78, 5) is 15.2. The van der Waals surface area contributed by atoms with Gasteiger partial charge in [0.05, 0.1) is 0 Å². The van der Waals surface area contributed by atoms with Crippen LogP contribution in [0.2, 0.25) is 0 Å². The van der Waals surface area contributed by atoms with E-state index in [2.05, 4.69) is 22.4 Å². The highest BCUT2D eigenvalue weighted by Crippen LogP contribution is 2.41. The number of rotatable bonds is 4. The number of aromatic nitrogens is 2. The maximum Gasteiger partial charge on any atom is 0.316 e. The third-order valence-electron chi connectivity index (χ3n) is 3.57. The summed E-state index contributed by atoms with van der Waals surface area (Å²) in [6.07, 6.45) is 2.48. The number of primary amides is 1. The van der Waals surface area contributed by atoms with Crippen LogP contribution in [-0.4, -0.2) is 16.2 Å². The monoisotopic (exact) mass is 272 g/mol. The summed E-state index contributed by atoms with van der Waals surface area (Å²) < 4.78 is 5.33. The largest absolute Gasteiger partial charge is 0.351 e. The van der Waals surface area contributed by atoms with Crippen molar-refractivity contribution in [2.45, 2.75) is 25.7 Å². The lowest BCUT2D eigenvalue weighted by Crippen LogP contribution is -2.19. The molecule has 6 heteroatoms. The molecule has 1 aromatic heterocycles. The molecule has 1 heterocycles. The number of hydrogen-bond acceptors (Lipinski definition) is 4. The molecule has 1 aliphatic carbocycles. The highest BCUT2D eigenvalue weighted by Gasteiger charge is 2.32. The lowest BCUT2D eigenvalue weighted by atomic mass is 10.1. The van der Waals surface area contributed by atoms with Crippen molar-refractivity contribution in [1.29, 1.82) is 0 Å². The predicted octanol–water partition coefficient (Wildman–Crippen LogP) is 2.74. The number of carbonyl (C=O) groups excluding carboxylic acids is 1. The standard InChI is InChI=1S/C14H16N4O2/c1-8(9-2-3-9)13-17-12(18-20-13)10-4-6-11(7-5-10)16-14(15)19/h4-9H,2-3H2,1H3,(H3,15,16,19)/t8-/m0/s1. The summed E-state index contributed by atoms with van der Waals surface area (Å²) >= 11 is 0. The molecule has 0 spiro atoms. The zero-order valence-electron chi connectivity index (χ0n) is 11.2. The summed E-state index contributed by atoms with van der Waals surface area (Å²) in [5.74, 6) is 2.28. The van der Waals surface area contributed by atoms with E-state index < -0.39 is 6.03 Å². The molecular formula is C14H16N4O2. The van der Waals surface area contributed by atoms with Crippen molar-refractivity contribution in [3.63, 3.8) is 0 Å². The van der Waals surface area contributed by atoms with Crippen LogP contribution in [0.4, 0.5) is 10.5 Å². The first-order valence-corrected chi connectivity index (χ1v) is 6.64. The van der Waals surface area contributed by atoms with Crippen molar-refractivity contribution in [2.24, 2.45) is 11.7 Å². The third-order valence-corrected chi connectivity index (χ3v) is 3.57. The molecule has 0 unspecified atom stereocenters. The molecule has 1 saturated carbocycles. The molecule has 1 aromatic carbocycles. The molecule has 1 aliphatic rings. The molecule has 2 aromatic rings. The van der Waals surface area contributed by atoms with Gasteiger partial charge in [0.15, 0.2) is 0 Å². The number of nitrogens with two attached hydrogens (primary N) is 1. The van der Waals surface area contributed by atoms with E-state index in [1.807, 2.05) is 12.1 Å². The van der Waals surface area contributed by atoms with Crippen molar-refractivity contribution >= 4 is 11.7 Å². The Balaban J connectivity index is 1.76. The van der Waals surface area contributed by atoms with E-state index in [9.17, 15) is 4.79 Å². The van der Waals surface area contributed by atoms with Gasteiger partial charge in [0.1, 0.15) is 0 Å². The molecular weight excluding hydrogens is 256 g/mol. The van der Waals surface area contributed by atoms with Crippen molar-refractivity contribution in [3.05, 3.63) is 30.2 Å². The van der Waals surface area contributed by atoms with Crippen molar-refractivity contribution < 1.29 is 9.32 Å². The zero-order valence-corrected chi connectivity index (χ0v) is 11.2. The molecule has 6 nitrogen and oxygen atoms in total. The van der Waals surface area contributed by atoms with Gasteiger partial charge in [0, 0.05) is 17.2 Å². The van der Waals surface area contributed by atoms with Crippen LogP contribution >= 0.6 is 0 Å². The van der Waals surface area contributed by atoms with Crippen LogP contribution in [0.5, 0.6) is 0 Å². The summed E-state index contributed by atoms with van der Waals surface area (Å²) in [6, 6.07) is 6.56. The van der Waals surface area contributed by atoms with Gasteiger partial charge in [-0.05, 0) is 43.0 Å². The molecule has 104 valence electrons. The second kappa shape index (κ2) is 4.96. The van der Waals surface area contributed by atoms with Gasteiger partial charge in [-0.15, -0.1) is 0 Å². The number of urea groups is 1. The quantitative estimate of drug-likeness (QED) is 0.894. The number of anilines is 1. The molecule has 3 N–H and O–H groups in total. The van der Waals surface area contributed by atoms with Gasteiger partial charge < -0.3 is 15.6 Å². The first-order chi connectivity index (χ1) is 9.63. The Hall–Kier alpha value is -2.37. The Morgan fingerprint density at radius 2 is 2.10 bits per heavy atom. The van der Waals surface area contributed by atoms with Gasteiger partial charge in [-0.1, -0.05) is 12.1 Å². The molecule has 0 bridgehead atoms. The van der Waals surface area contributed by atoms with Crippen LogP contribution in [-0.2, 0) is 0 Å². The second-order valence-electron chi connectivity index (χ2n) is 5.15. The summed E-state index contributed by atoms with van der Waals surface area (Å²) in [5.41, 5.74) is 6.54. The van der Waals surface area contributed by atoms with Crippen molar-refractivity contribution in [1.82, 2.24) is 10.1 Å². The third kappa shape index (κ3) is 2.64. The zero-order chi connectivity index (χ0) is 14.1. The van der Waals surface area contributed by atoms with Crippen LogP contribution in [0.15, 0.2) is 28.8 Å². The molecule has 2 amide bonds. The number of hydrogen-bond donors (Lipinski definition) is 2. The fourth-order valence-electron chi connectivity index (χ4n) is 2.18. The van der Waals surface area contributed by atoms with Gasteiger partial charge in [-0.25, -0.2) is 4.79 Å². The number of nitrogens with zero attached hydrogens (tertiary/aromatic N) is 2. The van der Waals surface area contributed by atoms with Crippen molar-refractivity contribution in [3.8, 4) is 11.4 Å². The average Bonchev–Trinajstić information content (AvgIpc) is 3.16. The van der Waals surface area contributed by atoms with Crippen LogP contribution < -0.4 is 11.1 Å². The number of nitrogens with one attached hydrogen (secondary N) is 1. The van der Waals surface area contributed by atoms with Crippen LogP contribution in [0.25, 0.3) is 11.4 Å². The highest BCUT2D eigenvalue weighted by atomic mass is 16.5. The highest BCUT2D eigenvalue weighted by molar-refractivity contribution is 5.88. The Morgan fingerprint density at radius 1 is 1.40 bits per heavy atom. The van der Waals surface area contributed by atoms with Crippen LogP contribution in [0, 0.1) is 5.92 Å². The molecule has 3 rings (SSSR count). The second-order valence-corrected chi connectivity index (χ2v) is 5.15. The lowest BCUT2D eigenvalue weighted by molar-refractivity contribution is 0.259. The Kier molecular flexibility index (Phi) is 3.14. The predicted molar refractivity (Wildman–Crippen MR) is 74.1 cm³/mol. The first-order valence-electron chi connectivity index (χ1n) is 6.64. The van der Waals surface area contributed by atoms with E-state index in [1.165, 1.54) is 12.8 Å². The molecule has 1 atom stereocenters. The van der Waals surface area contributed by atoms with Crippen LogP contribution in [0.3, 0.4) is 0 Å². The molecule has 0 aliphatic heterocycles. The fourth-order valence-corrected chi connectivity index (χ4v) is 2.18. The first kappa shape index (κ1) is 12.7. The smallest absolute Gasteiger partial charge is 0.316 e. The maximum atomic E-state index is 10.7. The lowest BCUT2D eigenvalue weighted by Gasteiger charge is -2.02. The molecule has 20 heavy (non-hydrogen) atoms. The summed E-state index contributed by atoms with van der Waals surface area (Å²) in [7, 11) is 0. The summed E-state index contributed by atoms with van der Waals surface area (Å²) in [5, 5.41) is 6.51. The minimum Gasteiger partial charge on any atom is -0.351 e. The van der Waals surface area contributed by atoms with Crippen molar-refractivity contribution in [2.75, 3.05) is 5.32 Å². The average molecular weight is 272 g/mol. The van der Waals surface area contributed by atoms with Gasteiger partial charge in [0.2, 0.25) is 11.7 Å². The van der Waals surface area contributed by atoms with E-state index in [0.29, 0.717) is 29.2 Å². The van der Waals surface area contributed by atoms with E-state index in [-0.39, 0.29) is 0 Å². The van der Waals surface area contributed by atoms with Gasteiger partial charge in [-0.2, -0.15) is 4.98 Å². The Bertz CT molecular complexity index is 616. The summed E-state index contributed by atoms with van der Waals surface area (Å²) in [6.45, 7) is 2.12. The normalized spacial score (nSPS) is 15.8. The van der Waals surface area contributed by atoms with Crippen LogP contribution in [0.1, 0.15) is 31.6 Å². The minimum atomic E-state index is -0.585. The van der Waals surface area contributed by atoms with E-state index in [4.69, 9.17) is 10.3 Å². The van der Waals surface area contributed by atoms with Gasteiger partial charge in [0.25, 0.3) is 0 Å². The number of benzene rings is 1. The Labute approximate surface area is 116 Å². The topological polar surface area (TPSA) is 94.0 Å². The Morgan fingerprint density at radius 3 is 2.70 bits per heavy atom. The molecule has 1 fully saturated rings. The van der Waals surface area contributed by atoms with Gasteiger partial charge in [-0.3, -0.25) is 0 Å². The van der Waals surface area contributed by atoms with E-state index in [0.717, 1.165) is 5.56 Å². The number of carbonyl (C=O) groups is 1. The number of amides is 2. The van der Waals surface area contributed by atoms with E-state index in [1.54, 1.807) is 12.1 Å². The fraction of sp³-hybridized carbons (Fsp3) is 0.357. The van der Waals surface area contributed by atoms with E-state index >= 15 is 0 Å². The molecule has 0 radical (unpaired) electrons. The molecule has 0 saturated heterocycles. The van der Waals surface area contributed by atoms with Gasteiger partial charge >= 0.3 is 6.03 Å². The SMILES string of the molecule is C[C@H](c1nc(-c2ccc(NC(N)=O)cc2)no1)C1CC1. The minimum absolute atomic E-state index is 0.326. The maximum absolute atomic E-state index is 10.7.